The Bertz CT molecular complexity index is 896. The molecule has 0 bridgehead atoms. The highest BCUT2D eigenvalue weighted by Crippen LogP contribution is 2.32. The van der Waals surface area contributed by atoms with Gasteiger partial charge in [-0.05, 0) is 35.9 Å². The normalized spacial score (nSPS) is 11.6. The van der Waals surface area contributed by atoms with Gasteiger partial charge in [-0.2, -0.15) is 0 Å². The molecule has 0 spiro atoms. The van der Waals surface area contributed by atoms with E-state index in [9.17, 15) is 9.90 Å². The average Bonchev–Trinajstić information content (AvgIpc) is 2.70. The van der Waals surface area contributed by atoms with Crippen molar-refractivity contribution in [2.75, 3.05) is 7.11 Å². The number of hydrogen-bond acceptors (Lipinski definition) is 4. The van der Waals surface area contributed by atoms with Crippen LogP contribution in [0.25, 0.3) is 0 Å². The molecule has 0 aromatic heterocycles. The summed E-state index contributed by atoms with van der Waals surface area (Å²) < 4.78 is 11.0. The van der Waals surface area contributed by atoms with Crippen molar-refractivity contribution in [3.05, 3.63) is 84.4 Å². The second-order valence-electron chi connectivity index (χ2n) is 5.82. The minimum absolute atomic E-state index is 0.253. The second-order valence-corrected chi connectivity index (χ2v) is 6.94. The van der Waals surface area contributed by atoms with Gasteiger partial charge in [0.15, 0.2) is 17.6 Å². The summed E-state index contributed by atoms with van der Waals surface area (Å²) in [6, 6.07) is 24.8. The van der Waals surface area contributed by atoms with Crippen molar-refractivity contribution < 1.29 is 19.4 Å². The Kier molecular flexibility index (Phi) is 6.39. The van der Waals surface area contributed by atoms with Gasteiger partial charge >= 0.3 is 5.97 Å². The van der Waals surface area contributed by atoms with Gasteiger partial charge in [-0.15, -0.1) is 0 Å². The van der Waals surface area contributed by atoms with Crippen molar-refractivity contribution in [3.8, 4) is 11.5 Å². The number of ether oxygens (including phenoxy) is 2. The maximum atomic E-state index is 11.8. The smallest absolute Gasteiger partial charge is 0.345 e. The molecule has 0 aliphatic carbocycles. The lowest BCUT2D eigenvalue weighted by molar-refractivity contribution is -0.145. The van der Waals surface area contributed by atoms with Gasteiger partial charge in [0.05, 0.1) is 7.11 Å². The minimum atomic E-state index is -1.01. The minimum Gasteiger partial charge on any atom is -0.493 e. The number of carboxylic acids is 1. The van der Waals surface area contributed by atoms with E-state index in [0.29, 0.717) is 11.5 Å². The first-order valence-electron chi connectivity index (χ1n) is 8.50. The molecule has 0 aliphatic heterocycles. The van der Waals surface area contributed by atoms with E-state index in [1.807, 2.05) is 60.7 Å². The number of carboxylic acid groups (broad SMARTS) is 1. The van der Waals surface area contributed by atoms with E-state index in [1.54, 1.807) is 30.0 Å². The molecule has 3 rings (SSSR count). The number of para-hydroxylation sites is 2. The molecule has 5 heteroatoms. The molecular weight excluding hydrogens is 360 g/mol. The number of rotatable bonds is 8. The molecule has 4 nitrogen and oxygen atoms in total. The van der Waals surface area contributed by atoms with Gasteiger partial charge in [-0.1, -0.05) is 60.3 Å². The molecule has 0 saturated carbocycles. The zero-order valence-corrected chi connectivity index (χ0v) is 15.7. The Labute approximate surface area is 162 Å². The van der Waals surface area contributed by atoms with Gasteiger partial charge in [0.1, 0.15) is 0 Å². The second kappa shape index (κ2) is 9.14. The van der Waals surface area contributed by atoms with Crippen LogP contribution in [-0.4, -0.2) is 24.3 Å². The topological polar surface area (TPSA) is 55.8 Å². The summed E-state index contributed by atoms with van der Waals surface area (Å²) in [6.45, 7) is 0. The molecule has 0 heterocycles. The van der Waals surface area contributed by atoms with Crippen molar-refractivity contribution >= 4 is 17.7 Å². The molecule has 0 unspecified atom stereocenters. The van der Waals surface area contributed by atoms with Crippen molar-refractivity contribution in [2.45, 2.75) is 22.3 Å². The predicted octanol–water partition coefficient (Wildman–Crippen LogP) is 4.92. The van der Waals surface area contributed by atoms with Gasteiger partial charge in [0.2, 0.25) is 0 Å². The number of methoxy groups -OCH3 is 1. The van der Waals surface area contributed by atoms with Crippen LogP contribution in [0.1, 0.15) is 5.56 Å². The summed E-state index contributed by atoms with van der Waals surface area (Å²) in [7, 11) is 1.53. The average molecular weight is 380 g/mol. The van der Waals surface area contributed by atoms with E-state index in [0.717, 1.165) is 15.4 Å². The third-order valence-electron chi connectivity index (χ3n) is 3.96. The van der Waals surface area contributed by atoms with Crippen molar-refractivity contribution in [3.63, 3.8) is 0 Å². The summed E-state index contributed by atoms with van der Waals surface area (Å²) in [5.41, 5.74) is 0.925. The Morgan fingerprint density at radius 2 is 1.56 bits per heavy atom. The van der Waals surface area contributed by atoms with Crippen molar-refractivity contribution in [1.82, 2.24) is 0 Å². The fraction of sp³-hybridized carbons (Fsp3) is 0.136. The summed E-state index contributed by atoms with van der Waals surface area (Å²) in [4.78, 5) is 13.9. The van der Waals surface area contributed by atoms with Crippen molar-refractivity contribution in [2.24, 2.45) is 0 Å². The largest absolute Gasteiger partial charge is 0.493 e. The lowest BCUT2D eigenvalue weighted by Gasteiger charge is -2.18. The van der Waals surface area contributed by atoms with E-state index >= 15 is 0 Å². The number of benzene rings is 3. The number of hydrogen-bond donors (Lipinski definition) is 1. The van der Waals surface area contributed by atoms with Crippen LogP contribution in [0.5, 0.6) is 11.5 Å². The molecule has 1 atom stereocenters. The first-order chi connectivity index (χ1) is 13.2. The maximum absolute atomic E-state index is 11.8. The maximum Gasteiger partial charge on any atom is 0.345 e. The van der Waals surface area contributed by atoms with Crippen LogP contribution < -0.4 is 9.47 Å². The molecule has 0 saturated heterocycles. The molecule has 0 radical (unpaired) electrons. The predicted molar refractivity (Wildman–Crippen MR) is 106 cm³/mol. The quantitative estimate of drug-likeness (QED) is 0.601. The molecule has 3 aromatic carbocycles. The number of carbonyl (C=O) groups is 1. The summed E-state index contributed by atoms with van der Waals surface area (Å²) in [5, 5.41) is 9.67. The van der Waals surface area contributed by atoms with Crippen LogP contribution >= 0.6 is 11.8 Å². The monoisotopic (exact) mass is 380 g/mol. The molecule has 138 valence electrons. The number of aliphatic carboxylic acids is 1. The van der Waals surface area contributed by atoms with E-state index in [1.165, 1.54) is 7.11 Å². The van der Waals surface area contributed by atoms with Gasteiger partial charge in [-0.3, -0.25) is 0 Å². The van der Waals surface area contributed by atoms with Gasteiger partial charge < -0.3 is 14.6 Å². The zero-order chi connectivity index (χ0) is 19.1. The molecule has 0 amide bonds. The summed E-state index contributed by atoms with van der Waals surface area (Å²) in [6.07, 6.45) is -0.762. The molecule has 1 N–H and O–H groups in total. The zero-order valence-electron chi connectivity index (χ0n) is 14.9. The Morgan fingerprint density at radius 1 is 0.926 bits per heavy atom. The third kappa shape index (κ3) is 5.05. The molecule has 0 fully saturated rings. The first-order valence-corrected chi connectivity index (χ1v) is 9.32. The Hall–Kier alpha value is -2.92. The highest BCUT2D eigenvalue weighted by atomic mass is 32.2. The van der Waals surface area contributed by atoms with Gasteiger partial charge in [0.25, 0.3) is 0 Å². The van der Waals surface area contributed by atoms with E-state index in [4.69, 9.17) is 9.47 Å². The van der Waals surface area contributed by atoms with Crippen LogP contribution in [0.15, 0.2) is 88.7 Å². The Balaban J connectivity index is 1.82. The first kappa shape index (κ1) is 18.9. The highest BCUT2D eigenvalue weighted by molar-refractivity contribution is 7.99. The third-order valence-corrected chi connectivity index (χ3v) is 5.09. The standard InChI is InChI=1S/C22H20O4S/c1-25-18-12-6-7-13-19(18)26-20(22(23)24)15-16-9-5-8-14-21(16)27-17-10-3-2-4-11-17/h2-14,20H,15H2,1H3,(H,23,24)/t20-/m0/s1. The van der Waals surface area contributed by atoms with Crippen LogP contribution in [0.2, 0.25) is 0 Å². The van der Waals surface area contributed by atoms with Crippen LogP contribution in [0.4, 0.5) is 0 Å². The molecule has 0 aliphatic rings. The fourth-order valence-corrected chi connectivity index (χ4v) is 3.61. The SMILES string of the molecule is COc1ccccc1O[C@@H](Cc1ccccc1Sc1ccccc1)C(=O)O. The van der Waals surface area contributed by atoms with Crippen LogP contribution in [-0.2, 0) is 11.2 Å². The summed E-state index contributed by atoms with van der Waals surface area (Å²) >= 11 is 1.61. The molecule has 27 heavy (non-hydrogen) atoms. The fourth-order valence-electron chi connectivity index (χ4n) is 2.64. The van der Waals surface area contributed by atoms with Gasteiger partial charge in [0, 0.05) is 16.2 Å². The van der Waals surface area contributed by atoms with E-state index < -0.39 is 12.1 Å². The lowest BCUT2D eigenvalue weighted by atomic mass is 10.1. The lowest BCUT2D eigenvalue weighted by Crippen LogP contribution is -2.29. The highest BCUT2D eigenvalue weighted by Gasteiger charge is 2.23. The van der Waals surface area contributed by atoms with Crippen LogP contribution in [0.3, 0.4) is 0 Å². The Morgan fingerprint density at radius 3 is 2.26 bits per heavy atom. The van der Waals surface area contributed by atoms with E-state index in [2.05, 4.69) is 0 Å². The molecular formula is C22H20O4S. The molecule has 3 aromatic rings. The summed E-state index contributed by atoms with van der Waals surface area (Å²) in [5.74, 6) is -0.0864. The van der Waals surface area contributed by atoms with Crippen LogP contribution in [0, 0.1) is 0 Å². The van der Waals surface area contributed by atoms with Gasteiger partial charge in [-0.25, -0.2) is 4.79 Å². The van der Waals surface area contributed by atoms with Crippen molar-refractivity contribution in [1.29, 1.82) is 0 Å². The van der Waals surface area contributed by atoms with E-state index in [-0.39, 0.29) is 6.42 Å².